The predicted molar refractivity (Wildman–Crippen MR) is 157 cm³/mol. The third kappa shape index (κ3) is 3.38. The van der Waals surface area contributed by atoms with Gasteiger partial charge in [-0.1, -0.05) is 120 Å². The molecule has 0 radical (unpaired) electrons. The largest absolute Gasteiger partial charge is 0.0587 e. The lowest BCUT2D eigenvalue weighted by Crippen LogP contribution is -1.86. The van der Waals surface area contributed by atoms with E-state index in [0.717, 1.165) is 0 Å². The van der Waals surface area contributed by atoms with Gasteiger partial charge in [-0.15, -0.1) is 0 Å². The molecule has 0 bridgehead atoms. The molecule has 170 valence electrons. The molecule has 7 aromatic rings. The molecule has 0 heteroatoms. The van der Waals surface area contributed by atoms with Gasteiger partial charge in [0.15, 0.2) is 0 Å². The molecule has 0 aliphatic rings. The van der Waals surface area contributed by atoms with E-state index in [1.165, 1.54) is 76.5 Å². The first-order valence-corrected chi connectivity index (χ1v) is 12.6. The van der Waals surface area contributed by atoms with E-state index in [0.29, 0.717) is 0 Å². The molecule has 0 unspecified atom stereocenters. The van der Waals surface area contributed by atoms with E-state index in [9.17, 15) is 0 Å². The van der Waals surface area contributed by atoms with Gasteiger partial charge >= 0.3 is 0 Å². The molecule has 0 aromatic heterocycles. The summed E-state index contributed by atoms with van der Waals surface area (Å²) in [5, 5.41) is 10.4. The average Bonchev–Trinajstić information content (AvgIpc) is 2.92. The number of rotatable bonds is 2. The molecular formula is C36H26. The van der Waals surface area contributed by atoms with Crippen molar-refractivity contribution in [1.82, 2.24) is 0 Å². The van der Waals surface area contributed by atoms with Crippen LogP contribution in [0.5, 0.6) is 0 Å². The van der Waals surface area contributed by atoms with Gasteiger partial charge < -0.3 is 0 Å². The van der Waals surface area contributed by atoms with Crippen LogP contribution in [-0.2, 0) is 0 Å². The predicted octanol–water partition coefficient (Wildman–Crippen LogP) is 10.3. The van der Waals surface area contributed by atoms with Crippen LogP contribution in [0.3, 0.4) is 0 Å². The number of hydrogen-bond donors (Lipinski definition) is 0. The van der Waals surface area contributed by atoms with Gasteiger partial charge in [0.25, 0.3) is 0 Å². The van der Waals surface area contributed by atoms with E-state index in [1.54, 1.807) is 0 Å². The Morgan fingerprint density at radius 2 is 0.639 bits per heavy atom. The quantitative estimate of drug-likeness (QED) is 0.226. The summed E-state index contributed by atoms with van der Waals surface area (Å²) in [6.45, 7) is 4.27. The second-order valence-electron chi connectivity index (χ2n) is 10.00. The summed E-state index contributed by atoms with van der Waals surface area (Å²) in [4.78, 5) is 0. The molecule has 7 rings (SSSR count). The molecule has 0 nitrogen and oxygen atoms in total. The first kappa shape index (κ1) is 20.9. The van der Waals surface area contributed by atoms with Gasteiger partial charge in [-0.05, 0) is 91.3 Å². The highest BCUT2D eigenvalue weighted by Crippen LogP contribution is 2.38. The third-order valence-corrected chi connectivity index (χ3v) is 7.57. The number of fused-ring (bicyclic) bond motifs is 7. The standard InChI is InChI=1S/C36H26/c1-23-3-7-25(8-4-23)29-17-19-33-31(21-29)15-13-27-11-12-28-14-16-32-22-30(26-9-5-24(2)6-10-26)18-20-34(32)36(28)35(27)33/h3-22H,1-2H3. The summed E-state index contributed by atoms with van der Waals surface area (Å²) in [5.41, 5.74) is 7.61. The summed E-state index contributed by atoms with van der Waals surface area (Å²) >= 11 is 0. The van der Waals surface area contributed by atoms with Crippen LogP contribution in [0.2, 0.25) is 0 Å². The fourth-order valence-corrected chi connectivity index (χ4v) is 5.56. The summed E-state index contributed by atoms with van der Waals surface area (Å²) in [7, 11) is 0. The number of benzene rings is 7. The molecule has 0 amide bonds. The van der Waals surface area contributed by atoms with Crippen molar-refractivity contribution in [2.75, 3.05) is 0 Å². The minimum absolute atomic E-state index is 1.26. The van der Waals surface area contributed by atoms with E-state index in [-0.39, 0.29) is 0 Å². The molecule has 36 heavy (non-hydrogen) atoms. The van der Waals surface area contributed by atoms with Crippen LogP contribution in [0.25, 0.3) is 65.3 Å². The fourth-order valence-electron chi connectivity index (χ4n) is 5.56. The van der Waals surface area contributed by atoms with Gasteiger partial charge in [0.05, 0.1) is 0 Å². The van der Waals surface area contributed by atoms with Gasteiger partial charge in [-0.3, -0.25) is 0 Å². The van der Waals surface area contributed by atoms with Crippen molar-refractivity contribution >= 4 is 43.1 Å². The topological polar surface area (TPSA) is 0 Å². The Morgan fingerprint density at radius 1 is 0.306 bits per heavy atom. The van der Waals surface area contributed by atoms with Crippen molar-refractivity contribution in [3.05, 3.63) is 132 Å². The molecule has 0 spiro atoms. The van der Waals surface area contributed by atoms with E-state index in [4.69, 9.17) is 0 Å². The molecule has 0 aliphatic carbocycles. The van der Waals surface area contributed by atoms with Crippen molar-refractivity contribution in [3.8, 4) is 22.3 Å². The van der Waals surface area contributed by atoms with Crippen LogP contribution in [0.1, 0.15) is 11.1 Å². The highest BCUT2D eigenvalue weighted by molar-refractivity contribution is 6.27. The normalized spacial score (nSPS) is 11.6. The van der Waals surface area contributed by atoms with Gasteiger partial charge in [0, 0.05) is 0 Å². The molecule has 0 aliphatic heterocycles. The lowest BCUT2D eigenvalue weighted by Gasteiger charge is -2.13. The Bertz CT molecular complexity index is 1780. The van der Waals surface area contributed by atoms with Crippen molar-refractivity contribution in [2.24, 2.45) is 0 Å². The van der Waals surface area contributed by atoms with Crippen molar-refractivity contribution < 1.29 is 0 Å². The fraction of sp³-hybridized carbons (Fsp3) is 0.0556. The molecule has 0 heterocycles. The van der Waals surface area contributed by atoms with Crippen molar-refractivity contribution in [3.63, 3.8) is 0 Å². The molecule has 7 aromatic carbocycles. The molecule has 0 saturated heterocycles. The number of aryl methyl sites for hydroxylation is 2. The maximum Gasteiger partial charge on any atom is -0.00206 e. The molecule has 0 atom stereocenters. The van der Waals surface area contributed by atoms with E-state index >= 15 is 0 Å². The minimum Gasteiger partial charge on any atom is -0.0587 e. The first-order valence-electron chi connectivity index (χ1n) is 12.6. The van der Waals surface area contributed by atoms with E-state index in [1.807, 2.05) is 0 Å². The van der Waals surface area contributed by atoms with Crippen LogP contribution in [0, 0.1) is 13.8 Å². The molecular weight excluding hydrogens is 432 g/mol. The maximum atomic E-state index is 2.33. The maximum absolute atomic E-state index is 2.33. The van der Waals surface area contributed by atoms with E-state index in [2.05, 4.69) is 135 Å². The SMILES string of the molecule is Cc1ccc(-c2ccc3c(ccc4ccc5ccc6cc(-c7ccc(C)cc7)ccc6c5c43)c2)cc1. The van der Waals surface area contributed by atoms with Gasteiger partial charge in [-0.25, -0.2) is 0 Å². The summed E-state index contributed by atoms with van der Waals surface area (Å²) in [6.07, 6.45) is 0. The summed E-state index contributed by atoms with van der Waals surface area (Å²) < 4.78 is 0. The van der Waals surface area contributed by atoms with Crippen LogP contribution in [0.15, 0.2) is 121 Å². The van der Waals surface area contributed by atoms with Crippen LogP contribution < -0.4 is 0 Å². The van der Waals surface area contributed by atoms with Crippen molar-refractivity contribution in [1.29, 1.82) is 0 Å². The molecule has 0 saturated carbocycles. The zero-order valence-corrected chi connectivity index (χ0v) is 20.5. The van der Waals surface area contributed by atoms with Crippen LogP contribution >= 0.6 is 0 Å². The molecule has 0 fully saturated rings. The minimum atomic E-state index is 1.26. The van der Waals surface area contributed by atoms with E-state index < -0.39 is 0 Å². The van der Waals surface area contributed by atoms with Crippen LogP contribution in [0.4, 0.5) is 0 Å². The number of hydrogen-bond acceptors (Lipinski definition) is 0. The summed E-state index contributed by atoms with van der Waals surface area (Å²) in [6, 6.07) is 45.0. The second-order valence-corrected chi connectivity index (χ2v) is 10.00. The lowest BCUT2D eigenvalue weighted by atomic mass is 9.91. The lowest BCUT2D eigenvalue weighted by molar-refractivity contribution is 1.47. The zero-order chi connectivity index (χ0) is 24.2. The van der Waals surface area contributed by atoms with Crippen LogP contribution in [-0.4, -0.2) is 0 Å². The Kier molecular flexibility index (Phi) is 4.69. The van der Waals surface area contributed by atoms with Gasteiger partial charge in [0.1, 0.15) is 0 Å². The van der Waals surface area contributed by atoms with Gasteiger partial charge in [0.2, 0.25) is 0 Å². The Balaban J connectivity index is 1.48. The Morgan fingerprint density at radius 3 is 1.03 bits per heavy atom. The smallest absolute Gasteiger partial charge is 0.00206 e. The Labute approximate surface area is 211 Å². The zero-order valence-electron chi connectivity index (χ0n) is 20.5. The Hall–Kier alpha value is -4.42. The second kappa shape index (κ2) is 8.07. The average molecular weight is 459 g/mol. The summed E-state index contributed by atoms with van der Waals surface area (Å²) in [5.74, 6) is 0. The highest BCUT2D eigenvalue weighted by Gasteiger charge is 2.11. The van der Waals surface area contributed by atoms with Gasteiger partial charge in [-0.2, -0.15) is 0 Å². The third-order valence-electron chi connectivity index (χ3n) is 7.57. The monoisotopic (exact) mass is 458 g/mol. The van der Waals surface area contributed by atoms with Crippen molar-refractivity contribution in [2.45, 2.75) is 13.8 Å². The molecule has 0 N–H and O–H groups in total. The first-order chi connectivity index (χ1) is 17.6. The highest BCUT2D eigenvalue weighted by atomic mass is 14.1.